The van der Waals surface area contributed by atoms with Gasteiger partial charge in [-0.25, -0.2) is 0 Å². The number of aromatic nitrogens is 1. The fraction of sp³-hybridized carbons (Fsp3) is 0.0909. The standard InChI is InChI=1S/C66H48N2O/c1-65(2)55-23-11-8-18-49(55)51-35-33-45(39-57(51)65)67(46-34-36-52-50-19-9-12-24-56(50)66(3,4)58(52)40-46)44-31-28-41(29-32-44)47-22-15-27-62-64(47)54-38-42(30-37-61(54)69-62)48-21-14-26-60-63(48)53-20-10-13-25-59(53)68(60)43-16-6-5-7-17-43/h5-40H,1-4H3. The molecule has 2 aliphatic carbocycles. The Kier molecular flexibility index (Phi) is 8.38. The number of nitrogens with zero attached hydrogens (tertiary/aromatic N) is 2. The van der Waals surface area contributed by atoms with Gasteiger partial charge < -0.3 is 13.9 Å². The minimum absolute atomic E-state index is 0.126. The van der Waals surface area contributed by atoms with Crippen LogP contribution in [0.25, 0.3) is 93.9 Å². The number of furan rings is 1. The second kappa shape index (κ2) is 14.6. The van der Waals surface area contributed by atoms with Crippen molar-refractivity contribution < 1.29 is 4.42 Å². The topological polar surface area (TPSA) is 21.3 Å². The first-order valence-electron chi connectivity index (χ1n) is 24.2. The Labute approximate surface area is 402 Å². The summed E-state index contributed by atoms with van der Waals surface area (Å²) in [7, 11) is 0. The zero-order valence-corrected chi connectivity index (χ0v) is 39.1. The molecule has 0 fully saturated rings. The van der Waals surface area contributed by atoms with Crippen molar-refractivity contribution in [2.24, 2.45) is 0 Å². The van der Waals surface area contributed by atoms with Gasteiger partial charge >= 0.3 is 0 Å². The third-order valence-electron chi connectivity index (χ3n) is 15.6. The predicted molar refractivity (Wildman–Crippen MR) is 289 cm³/mol. The second-order valence-electron chi connectivity index (χ2n) is 20.1. The molecule has 0 saturated heterocycles. The van der Waals surface area contributed by atoms with Gasteiger partial charge in [0.15, 0.2) is 0 Å². The van der Waals surface area contributed by atoms with E-state index >= 15 is 0 Å². The number of hydrogen-bond donors (Lipinski definition) is 0. The van der Waals surface area contributed by atoms with Crippen molar-refractivity contribution in [1.29, 1.82) is 0 Å². The molecule has 0 bridgehead atoms. The van der Waals surface area contributed by atoms with E-state index in [1.807, 2.05) is 0 Å². The quantitative estimate of drug-likeness (QED) is 0.166. The molecule has 2 aromatic heterocycles. The maximum absolute atomic E-state index is 6.64. The van der Waals surface area contributed by atoms with Crippen LogP contribution in [-0.4, -0.2) is 4.57 Å². The van der Waals surface area contributed by atoms with Gasteiger partial charge in [-0.3, -0.25) is 0 Å². The first kappa shape index (κ1) is 39.7. The molecule has 0 amide bonds. The van der Waals surface area contributed by atoms with Crippen LogP contribution in [0.4, 0.5) is 17.1 Å². The Morgan fingerprint density at radius 1 is 0.348 bits per heavy atom. The summed E-state index contributed by atoms with van der Waals surface area (Å²) < 4.78 is 9.03. The average Bonchev–Trinajstić information content (AvgIpc) is 4.07. The Bertz CT molecular complexity index is 3960. The summed E-state index contributed by atoms with van der Waals surface area (Å²) in [5.74, 6) is 0. The van der Waals surface area contributed by atoms with Crippen LogP contribution in [-0.2, 0) is 10.8 Å². The highest BCUT2D eigenvalue weighted by atomic mass is 16.3. The van der Waals surface area contributed by atoms with Crippen molar-refractivity contribution in [3.05, 3.63) is 241 Å². The predicted octanol–water partition coefficient (Wildman–Crippen LogP) is 18.1. The van der Waals surface area contributed by atoms with Gasteiger partial charge in [-0.05, 0) is 146 Å². The Balaban J connectivity index is 0.903. The van der Waals surface area contributed by atoms with E-state index in [4.69, 9.17) is 4.42 Å². The fourth-order valence-corrected chi connectivity index (χ4v) is 12.3. The summed E-state index contributed by atoms with van der Waals surface area (Å²) in [5.41, 5.74) is 23.9. The lowest BCUT2D eigenvalue weighted by atomic mass is 9.82. The van der Waals surface area contributed by atoms with E-state index in [1.54, 1.807) is 0 Å². The molecule has 69 heavy (non-hydrogen) atoms. The fourth-order valence-electron chi connectivity index (χ4n) is 12.3. The van der Waals surface area contributed by atoms with E-state index in [2.05, 4.69) is 256 Å². The minimum Gasteiger partial charge on any atom is -0.456 e. The Hall–Kier alpha value is -8.40. The van der Waals surface area contributed by atoms with E-state index in [1.165, 1.54) is 71.9 Å². The molecule has 0 N–H and O–H groups in total. The highest BCUT2D eigenvalue weighted by molar-refractivity contribution is 6.18. The highest BCUT2D eigenvalue weighted by Crippen LogP contribution is 2.53. The van der Waals surface area contributed by atoms with Gasteiger partial charge in [-0.15, -0.1) is 0 Å². The van der Waals surface area contributed by atoms with Gasteiger partial charge in [0.2, 0.25) is 0 Å². The zero-order valence-electron chi connectivity index (χ0n) is 39.1. The van der Waals surface area contributed by atoms with Gasteiger partial charge in [-0.1, -0.05) is 167 Å². The third-order valence-corrected chi connectivity index (χ3v) is 15.6. The summed E-state index contributed by atoms with van der Waals surface area (Å²) in [5, 5.41) is 4.72. The first-order valence-corrected chi connectivity index (χ1v) is 24.2. The van der Waals surface area contributed by atoms with Crippen molar-refractivity contribution in [3.63, 3.8) is 0 Å². The largest absolute Gasteiger partial charge is 0.456 e. The number of benzene rings is 10. The van der Waals surface area contributed by atoms with E-state index in [0.717, 1.165) is 61.4 Å². The molecule has 10 aromatic carbocycles. The molecule has 0 radical (unpaired) electrons. The molecule has 0 spiro atoms. The molecule has 0 unspecified atom stereocenters. The number of anilines is 3. The lowest BCUT2D eigenvalue weighted by Crippen LogP contribution is -2.18. The molecule has 2 heterocycles. The molecule has 14 rings (SSSR count). The van der Waals surface area contributed by atoms with Crippen molar-refractivity contribution in [2.75, 3.05) is 4.90 Å². The van der Waals surface area contributed by atoms with Crippen LogP contribution in [0.1, 0.15) is 49.9 Å². The maximum atomic E-state index is 6.64. The van der Waals surface area contributed by atoms with Crippen LogP contribution >= 0.6 is 0 Å². The molecule has 0 saturated carbocycles. The van der Waals surface area contributed by atoms with Crippen molar-refractivity contribution >= 4 is 60.8 Å². The van der Waals surface area contributed by atoms with Gasteiger partial charge in [0.25, 0.3) is 0 Å². The lowest BCUT2D eigenvalue weighted by Gasteiger charge is -2.30. The van der Waals surface area contributed by atoms with Gasteiger partial charge in [0.1, 0.15) is 11.2 Å². The molecule has 2 aliphatic rings. The van der Waals surface area contributed by atoms with Gasteiger partial charge in [0, 0.05) is 55.1 Å². The van der Waals surface area contributed by atoms with E-state index in [0.29, 0.717) is 0 Å². The normalized spacial score (nSPS) is 14.0. The lowest BCUT2D eigenvalue weighted by molar-refractivity contribution is 0.660. The molecular formula is C66H48N2O. The molecule has 3 heteroatoms. The molecule has 3 nitrogen and oxygen atoms in total. The summed E-state index contributed by atoms with van der Waals surface area (Å²) in [4.78, 5) is 2.46. The van der Waals surface area contributed by atoms with Crippen LogP contribution in [0.5, 0.6) is 0 Å². The Morgan fingerprint density at radius 2 is 0.870 bits per heavy atom. The van der Waals surface area contributed by atoms with E-state index < -0.39 is 0 Å². The van der Waals surface area contributed by atoms with Crippen LogP contribution in [0, 0.1) is 0 Å². The van der Waals surface area contributed by atoms with E-state index in [9.17, 15) is 0 Å². The summed E-state index contributed by atoms with van der Waals surface area (Å²) in [6, 6.07) is 80.5. The first-order chi connectivity index (χ1) is 33.7. The molecule has 328 valence electrons. The molecule has 0 aliphatic heterocycles. The average molecular weight is 885 g/mol. The molecule has 0 atom stereocenters. The van der Waals surface area contributed by atoms with Crippen molar-refractivity contribution in [3.8, 4) is 50.2 Å². The zero-order chi connectivity index (χ0) is 46.2. The highest BCUT2D eigenvalue weighted by Gasteiger charge is 2.38. The van der Waals surface area contributed by atoms with Crippen molar-refractivity contribution in [2.45, 2.75) is 38.5 Å². The summed E-state index contributed by atoms with van der Waals surface area (Å²) >= 11 is 0. The second-order valence-corrected chi connectivity index (χ2v) is 20.1. The minimum atomic E-state index is -0.126. The number of hydrogen-bond acceptors (Lipinski definition) is 2. The van der Waals surface area contributed by atoms with Crippen LogP contribution in [0.2, 0.25) is 0 Å². The summed E-state index contributed by atoms with van der Waals surface area (Å²) in [6.07, 6.45) is 0. The molecule has 12 aromatic rings. The van der Waals surface area contributed by atoms with Crippen molar-refractivity contribution in [1.82, 2.24) is 4.57 Å². The number of rotatable bonds is 6. The van der Waals surface area contributed by atoms with Gasteiger partial charge in [0.05, 0.1) is 11.0 Å². The molecular weight excluding hydrogens is 837 g/mol. The number of para-hydroxylation sites is 2. The number of fused-ring (bicyclic) bond motifs is 12. The van der Waals surface area contributed by atoms with Crippen LogP contribution in [0.3, 0.4) is 0 Å². The maximum Gasteiger partial charge on any atom is 0.136 e. The van der Waals surface area contributed by atoms with Gasteiger partial charge in [-0.2, -0.15) is 0 Å². The van der Waals surface area contributed by atoms with Crippen LogP contribution in [0.15, 0.2) is 223 Å². The SMILES string of the molecule is CC1(C)c2ccccc2-c2ccc(N(c3ccc(-c4cccc5oc6ccc(-c7cccc8c7c7ccccc7n8-c7ccccc7)cc6c45)cc3)c3ccc4c(c3)C(C)(C)c3ccccc3-4)cc21. The smallest absolute Gasteiger partial charge is 0.136 e. The monoisotopic (exact) mass is 884 g/mol. The Morgan fingerprint density at radius 3 is 1.55 bits per heavy atom. The van der Waals surface area contributed by atoms with E-state index in [-0.39, 0.29) is 10.8 Å². The third kappa shape index (κ3) is 5.74. The van der Waals surface area contributed by atoms with Crippen LogP contribution < -0.4 is 4.90 Å². The summed E-state index contributed by atoms with van der Waals surface area (Å²) in [6.45, 7) is 9.46.